The van der Waals surface area contributed by atoms with E-state index in [0.29, 0.717) is 11.3 Å². The third-order valence-corrected chi connectivity index (χ3v) is 3.77. The van der Waals surface area contributed by atoms with Crippen molar-refractivity contribution in [3.63, 3.8) is 0 Å². The number of amides is 1. The van der Waals surface area contributed by atoms with E-state index >= 15 is 0 Å². The highest BCUT2D eigenvalue weighted by molar-refractivity contribution is 5.93. The molecule has 1 fully saturated rings. The molecule has 1 aliphatic rings. The lowest BCUT2D eigenvalue weighted by molar-refractivity contribution is 0.0718. The average molecular weight is 290 g/mol. The summed E-state index contributed by atoms with van der Waals surface area (Å²) >= 11 is 0. The topological polar surface area (TPSA) is 25.2 Å². The first kappa shape index (κ1) is 13.8. The van der Waals surface area contributed by atoms with Gasteiger partial charge in [-0.1, -0.05) is 6.07 Å². The molecule has 5 heteroatoms. The fraction of sp³-hybridized carbons (Fsp3) is 0.312. The molecule has 2 aromatic rings. The van der Waals surface area contributed by atoms with Crippen molar-refractivity contribution in [2.45, 2.75) is 25.4 Å². The van der Waals surface area contributed by atoms with Crippen LogP contribution in [-0.2, 0) is 13.6 Å². The van der Waals surface area contributed by atoms with E-state index < -0.39 is 11.6 Å². The number of carbonyl (C=O) groups is 1. The van der Waals surface area contributed by atoms with Gasteiger partial charge in [0, 0.05) is 37.5 Å². The second-order valence-corrected chi connectivity index (χ2v) is 5.40. The minimum atomic E-state index is -0.611. The summed E-state index contributed by atoms with van der Waals surface area (Å²) in [7, 11) is 1.80. The molecule has 1 heterocycles. The molecule has 0 unspecified atom stereocenters. The van der Waals surface area contributed by atoms with Gasteiger partial charge in [0.2, 0.25) is 0 Å². The van der Waals surface area contributed by atoms with Crippen molar-refractivity contribution in [3.05, 3.63) is 59.4 Å². The van der Waals surface area contributed by atoms with Crippen molar-refractivity contribution in [1.82, 2.24) is 9.47 Å². The molecule has 0 N–H and O–H groups in total. The molecule has 1 saturated carbocycles. The molecule has 0 atom stereocenters. The van der Waals surface area contributed by atoms with Crippen LogP contribution in [0.25, 0.3) is 0 Å². The van der Waals surface area contributed by atoms with Gasteiger partial charge in [0.1, 0.15) is 17.3 Å². The summed E-state index contributed by atoms with van der Waals surface area (Å²) in [6, 6.07) is 7.18. The largest absolute Gasteiger partial charge is 0.347 e. The Balaban J connectivity index is 1.85. The standard InChI is InChI=1S/C16H16F2N2O/c1-19-8-2-3-15(19)16(21)20(13-6-7-13)10-11-4-5-12(17)9-14(11)18/h2-5,8-9,13H,6-7,10H2,1H3. The van der Waals surface area contributed by atoms with Crippen LogP contribution in [0.4, 0.5) is 8.78 Å². The number of carbonyl (C=O) groups excluding carboxylic acids is 1. The van der Waals surface area contributed by atoms with Crippen LogP contribution >= 0.6 is 0 Å². The first-order valence-corrected chi connectivity index (χ1v) is 6.92. The molecule has 1 amide bonds. The fourth-order valence-electron chi connectivity index (χ4n) is 2.42. The van der Waals surface area contributed by atoms with Gasteiger partial charge in [-0.2, -0.15) is 0 Å². The number of rotatable bonds is 4. The molecule has 0 spiro atoms. The summed E-state index contributed by atoms with van der Waals surface area (Å²) in [5.74, 6) is -1.34. The molecule has 1 aliphatic carbocycles. The summed E-state index contributed by atoms with van der Waals surface area (Å²) in [4.78, 5) is 14.3. The molecular formula is C16H16F2N2O. The number of nitrogens with zero attached hydrogens (tertiary/aromatic N) is 2. The zero-order chi connectivity index (χ0) is 15.0. The van der Waals surface area contributed by atoms with Gasteiger partial charge in [-0.05, 0) is 31.0 Å². The molecule has 3 rings (SSSR count). The van der Waals surface area contributed by atoms with E-state index in [9.17, 15) is 13.6 Å². The lowest BCUT2D eigenvalue weighted by Crippen LogP contribution is -2.34. The lowest BCUT2D eigenvalue weighted by atomic mass is 10.2. The fourth-order valence-corrected chi connectivity index (χ4v) is 2.42. The first-order valence-electron chi connectivity index (χ1n) is 6.92. The Morgan fingerprint density at radius 3 is 2.67 bits per heavy atom. The number of hydrogen-bond acceptors (Lipinski definition) is 1. The maximum absolute atomic E-state index is 13.8. The second kappa shape index (κ2) is 5.31. The van der Waals surface area contributed by atoms with Crippen LogP contribution in [0.5, 0.6) is 0 Å². The molecule has 0 radical (unpaired) electrons. The van der Waals surface area contributed by atoms with Crippen molar-refractivity contribution in [2.24, 2.45) is 7.05 Å². The number of hydrogen-bond donors (Lipinski definition) is 0. The van der Waals surface area contributed by atoms with Crippen LogP contribution < -0.4 is 0 Å². The Morgan fingerprint density at radius 1 is 1.33 bits per heavy atom. The van der Waals surface area contributed by atoms with E-state index in [4.69, 9.17) is 0 Å². The molecule has 110 valence electrons. The molecular weight excluding hydrogens is 274 g/mol. The molecule has 3 nitrogen and oxygen atoms in total. The maximum atomic E-state index is 13.8. The van der Waals surface area contributed by atoms with Crippen LogP contribution in [0.15, 0.2) is 36.5 Å². The maximum Gasteiger partial charge on any atom is 0.271 e. The highest BCUT2D eigenvalue weighted by Gasteiger charge is 2.34. The van der Waals surface area contributed by atoms with Gasteiger partial charge in [-0.3, -0.25) is 4.79 Å². The van der Waals surface area contributed by atoms with Crippen LogP contribution in [0.2, 0.25) is 0 Å². The van der Waals surface area contributed by atoms with Crippen LogP contribution in [0.1, 0.15) is 28.9 Å². The van der Waals surface area contributed by atoms with E-state index in [1.807, 2.05) is 0 Å². The van der Waals surface area contributed by atoms with Crippen molar-refractivity contribution >= 4 is 5.91 Å². The molecule has 1 aromatic heterocycles. The molecule has 0 saturated heterocycles. The third kappa shape index (κ3) is 2.82. The average Bonchev–Trinajstić information content (AvgIpc) is 3.19. The van der Waals surface area contributed by atoms with Gasteiger partial charge >= 0.3 is 0 Å². The first-order chi connectivity index (χ1) is 10.1. The van der Waals surface area contributed by atoms with Crippen molar-refractivity contribution in [2.75, 3.05) is 0 Å². The zero-order valence-corrected chi connectivity index (χ0v) is 11.7. The number of benzene rings is 1. The predicted molar refractivity (Wildman–Crippen MR) is 74.7 cm³/mol. The van der Waals surface area contributed by atoms with E-state index in [-0.39, 0.29) is 18.5 Å². The summed E-state index contributed by atoms with van der Waals surface area (Å²) in [5, 5.41) is 0. The number of aryl methyl sites for hydroxylation is 1. The van der Waals surface area contributed by atoms with Crippen LogP contribution in [0, 0.1) is 11.6 Å². The predicted octanol–water partition coefficient (Wildman–Crippen LogP) is 3.11. The summed E-state index contributed by atoms with van der Waals surface area (Å²) in [5.41, 5.74) is 0.912. The highest BCUT2D eigenvalue weighted by Crippen LogP contribution is 2.30. The molecule has 21 heavy (non-hydrogen) atoms. The van der Waals surface area contributed by atoms with Crippen LogP contribution in [0.3, 0.4) is 0 Å². The normalized spacial score (nSPS) is 14.2. The van der Waals surface area contributed by atoms with E-state index in [1.165, 1.54) is 12.1 Å². The quantitative estimate of drug-likeness (QED) is 0.849. The van der Waals surface area contributed by atoms with Gasteiger partial charge in [0.05, 0.1) is 0 Å². The highest BCUT2D eigenvalue weighted by atomic mass is 19.1. The molecule has 0 bridgehead atoms. The van der Waals surface area contributed by atoms with E-state index in [1.54, 1.807) is 34.8 Å². The lowest BCUT2D eigenvalue weighted by Gasteiger charge is -2.23. The van der Waals surface area contributed by atoms with Crippen molar-refractivity contribution in [3.8, 4) is 0 Å². The monoisotopic (exact) mass is 290 g/mol. The third-order valence-electron chi connectivity index (χ3n) is 3.77. The van der Waals surface area contributed by atoms with Crippen molar-refractivity contribution in [1.29, 1.82) is 0 Å². The Bertz CT molecular complexity index is 677. The number of aromatic nitrogens is 1. The Morgan fingerprint density at radius 2 is 2.10 bits per heavy atom. The SMILES string of the molecule is Cn1cccc1C(=O)N(Cc1ccc(F)cc1F)C1CC1. The van der Waals surface area contributed by atoms with Gasteiger partial charge in [0.15, 0.2) is 0 Å². The van der Waals surface area contributed by atoms with E-state index in [2.05, 4.69) is 0 Å². The van der Waals surface area contributed by atoms with E-state index in [0.717, 1.165) is 18.9 Å². The van der Waals surface area contributed by atoms with Gasteiger partial charge in [-0.25, -0.2) is 8.78 Å². The summed E-state index contributed by atoms with van der Waals surface area (Å²) in [6.07, 6.45) is 3.66. The molecule has 1 aromatic carbocycles. The molecule has 0 aliphatic heterocycles. The zero-order valence-electron chi connectivity index (χ0n) is 11.7. The Kier molecular flexibility index (Phi) is 3.49. The second-order valence-electron chi connectivity index (χ2n) is 5.40. The number of halogens is 2. The minimum absolute atomic E-state index is 0.117. The van der Waals surface area contributed by atoms with Gasteiger partial charge < -0.3 is 9.47 Å². The summed E-state index contributed by atoms with van der Waals surface area (Å²) in [6.45, 7) is 0.167. The minimum Gasteiger partial charge on any atom is -0.347 e. The van der Waals surface area contributed by atoms with Crippen molar-refractivity contribution < 1.29 is 13.6 Å². The van der Waals surface area contributed by atoms with Gasteiger partial charge in [0.25, 0.3) is 5.91 Å². The Labute approximate surface area is 121 Å². The van der Waals surface area contributed by atoms with Gasteiger partial charge in [-0.15, -0.1) is 0 Å². The smallest absolute Gasteiger partial charge is 0.271 e. The summed E-state index contributed by atoms with van der Waals surface area (Å²) < 4.78 is 28.5. The van der Waals surface area contributed by atoms with Crippen LogP contribution in [-0.4, -0.2) is 21.4 Å². The Hall–Kier alpha value is -2.17.